The van der Waals surface area contributed by atoms with E-state index in [-0.39, 0.29) is 23.9 Å². The van der Waals surface area contributed by atoms with Gasteiger partial charge in [0.25, 0.3) is 5.56 Å². The van der Waals surface area contributed by atoms with E-state index >= 15 is 0 Å². The van der Waals surface area contributed by atoms with E-state index in [1.807, 2.05) is 30.3 Å². The second kappa shape index (κ2) is 7.00. The Morgan fingerprint density at radius 2 is 2.00 bits per heavy atom. The Morgan fingerprint density at radius 1 is 1.19 bits per heavy atom. The summed E-state index contributed by atoms with van der Waals surface area (Å²) in [5.41, 5.74) is 1.47. The Morgan fingerprint density at radius 3 is 2.92 bits per heavy atom. The number of nitrogens with zero attached hydrogens (tertiary/aromatic N) is 1. The fraction of sp³-hybridized carbons (Fsp3) is 0.250. The fourth-order valence-corrected chi connectivity index (χ4v) is 3.25. The third-order valence-electron chi connectivity index (χ3n) is 4.63. The van der Waals surface area contributed by atoms with Crippen LogP contribution >= 0.6 is 0 Å². The molecule has 2 heterocycles. The quantitative estimate of drug-likeness (QED) is 0.759. The monoisotopic (exact) mass is 349 g/mol. The zero-order valence-electron chi connectivity index (χ0n) is 14.2. The maximum atomic E-state index is 12.6. The molecule has 0 fully saturated rings. The summed E-state index contributed by atoms with van der Waals surface area (Å²) in [6.07, 6.45) is 1.30. The minimum Gasteiger partial charge on any atom is -0.493 e. The molecule has 6 nitrogen and oxygen atoms in total. The lowest BCUT2D eigenvalue weighted by atomic mass is 9.96. The van der Waals surface area contributed by atoms with Crippen LogP contribution in [0, 0.1) is 5.92 Å². The van der Waals surface area contributed by atoms with Crippen molar-refractivity contribution in [2.24, 2.45) is 5.92 Å². The molecule has 0 bridgehead atoms. The zero-order valence-corrected chi connectivity index (χ0v) is 14.2. The molecule has 1 atom stereocenters. The highest BCUT2D eigenvalue weighted by molar-refractivity contribution is 5.79. The number of nitrogens with one attached hydrogen (secondary N) is 2. The van der Waals surface area contributed by atoms with Crippen molar-refractivity contribution < 1.29 is 9.53 Å². The van der Waals surface area contributed by atoms with Crippen molar-refractivity contribution in [2.45, 2.75) is 19.4 Å². The van der Waals surface area contributed by atoms with Crippen LogP contribution in [-0.4, -0.2) is 22.5 Å². The number of carbonyl (C=O) groups is 1. The highest BCUT2D eigenvalue weighted by Crippen LogP contribution is 2.26. The highest BCUT2D eigenvalue weighted by Gasteiger charge is 2.23. The molecule has 0 saturated heterocycles. The van der Waals surface area contributed by atoms with Crippen molar-refractivity contribution in [3.8, 4) is 5.75 Å². The first-order valence-electron chi connectivity index (χ1n) is 8.67. The third kappa shape index (κ3) is 3.31. The first kappa shape index (κ1) is 16.3. The summed E-state index contributed by atoms with van der Waals surface area (Å²) < 4.78 is 5.72. The number of rotatable bonds is 3. The topological polar surface area (TPSA) is 84.1 Å². The molecule has 1 aliphatic heterocycles. The van der Waals surface area contributed by atoms with Gasteiger partial charge in [0.05, 0.1) is 24.1 Å². The van der Waals surface area contributed by atoms with Crippen LogP contribution in [0.15, 0.2) is 53.3 Å². The summed E-state index contributed by atoms with van der Waals surface area (Å²) in [5.74, 6) is 1.09. The highest BCUT2D eigenvalue weighted by atomic mass is 16.5. The van der Waals surface area contributed by atoms with Crippen LogP contribution in [0.2, 0.25) is 0 Å². The normalized spacial score (nSPS) is 16.4. The van der Waals surface area contributed by atoms with Crippen LogP contribution in [0.5, 0.6) is 5.75 Å². The van der Waals surface area contributed by atoms with Crippen molar-refractivity contribution in [2.75, 3.05) is 6.61 Å². The van der Waals surface area contributed by atoms with Gasteiger partial charge in [-0.2, -0.15) is 0 Å². The van der Waals surface area contributed by atoms with Gasteiger partial charge >= 0.3 is 0 Å². The molecule has 3 aromatic rings. The SMILES string of the molecule is O=C(NCc1nc2ccccc2c(=O)[nH]1)[C@H]1CCOc2ccccc2C1. The zero-order chi connectivity index (χ0) is 17.9. The van der Waals surface area contributed by atoms with Gasteiger partial charge in [0.15, 0.2) is 0 Å². The van der Waals surface area contributed by atoms with E-state index in [1.54, 1.807) is 18.2 Å². The van der Waals surface area contributed by atoms with E-state index in [0.29, 0.717) is 36.2 Å². The molecule has 0 saturated carbocycles. The first-order chi connectivity index (χ1) is 12.7. The lowest BCUT2D eigenvalue weighted by Crippen LogP contribution is -2.33. The molecule has 1 aliphatic rings. The summed E-state index contributed by atoms with van der Waals surface area (Å²) in [7, 11) is 0. The Balaban J connectivity index is 1.46. The summed E-state index contributed by atoms with van der Waals surface area (Å²) >= 11 is 0. The molecule has 4 rings (SSSR count). The van der Waals surface area contributed by atoms with E-state index in [1.165, 1.54) is 0 Å². The minimum atomic E-state index is -0.198. The molecule has 0 aliphatic carbocycles. The number of aromatic nitrogens is 2. The van der Waals surface area contributed by atoms with Crippen LogP contribution in [0.3, 0.4) is 0 Å². The molecule has 6 heteroatoms. The number of fused-ring (bicyclic) bond motifs is 2. The number of carbonyl (C=O) groups excluding carboxylic acids is 1. The van der Waals surface area contributed by atoms with E-state index in [2.05, 4.69) is 15.3 Å². The van der Waals surface area contributed by atoms with Gasteiger partial charge in [-0.3, -0.25) is 9.59 Å². The maximum Gasteiger partial charge on any atom is 0.258 e. The fourth-order valence-electron chi connectivity index (χ4n) is 3.25. The van der Waals surface area contributed by atoms with E-state index < -0.39 is 0 Å². The van der Waals surface area contributed by atoms with Crippen molar-refractivity contribution in [3.05, 3.63) is 70.3 Å². The predicted molar refractivity (Wildman–Crippen MR) is 98.0 cm³/mol. The molecule has 2 aromatic carbocycles. The standard InChI is InChI=1S/C20H19N3O3/c24-19(14-9-10-26-17-8-4-1-5-13(17)11-14)21-12-18-22-16-7-3-2-6-15(16)20(25)23-18/h1-8,14H,9-12H2,(H,21,24)(H,22,23,25)/t14-/m0/s1. The van der Waals surface area contributed by atoms with Crippen molar-refractivity contribution in [3.63, 3.8) is 0 Å². The number of hydrogen-bond donors (Lipinski definition) is 2. The van der Waals surface area contributed by atoms with E-state index in [4.69, 9.17) is 4.74 Å². The number of benzene rings is 2. The number of ether oxygens (including phenoxy) is 1. The lowest BCUT2D eigenvalue weighted by Gasteiger charge is -2.13. The molecule has 0 spiro atoms. The van der Waals surface area contributed by atoms with Crippen LogP contribution in [0.4, 0.5) is 0 Å². The first-order valence-corrected chi connectivity index (χ1v) is 8.67. The Bertz CT molecular complexity index is 1010. The molecular formula is C20H19N3O3. The minimum absolute atomic E-state index is 0.0545. The lowest BCUT2D eigenvalue weighted by molar-refractivity contribution is -0.125. The Hall–Kier alpha value is -3.15. The van der Waals surface area contributed by atoms with Gasteiger partial charge < -0.3 is 15.0 Å². The summed E-state index contributed by atoms with van der Waals surface area (Å²) in [4.78, 5) is 31.8. The smallest absolute Gasteiger partial charge is 0.258 e. The number of hydrogen-bond acceptors (Lipinski definition) is 4. The van der Waals surface area contributed by atoms with Crippen LogP contribution < -0.4 is 15.6 Å². The number of aromatic amines is 1. The molecule has 0 unspecified atom stereocenters. The van der Waals surface area contributed by atoms with Gasteiger partial charge in [-0.15, -0.1) is 0 Å². The van der Waals surface area contributed by atoms with Gasteiger partial charge in [0.1, 0.15) is 11.6 Å². The Kier molecular flexibility index (Phi) is 4.39. The van der Waals surface area contributed by atoms with Gasteiger partial charge in [-0.25, -0.2) is 4.98 Å². The number of amides is 1. The molecule has 1 amide bonds. The molecule has 1 aromatic heterocycles. The van der Waals surface area contributed by atoms with Gasteiger partial charge in [-0.1, -0.05) is 30.3 Å². The van der Waals surface area contributed by atoms with Gasteiger partial charge in [-0.05, 0) is 36.6 Å². The average molecular weight is 349 g/mol. The largest absolute Gasteiger partial charge is 0.493 e. The van der Waals surface area contributed by atoms with Crippen LogP contribution in [0.1, 0.15) is 17.8 Å². The van der Waals surface area contributed by atoms with Crippen molar-refractivity contribution >= 4 is 16.8 Å². The van der Waals surface area contributed by atoms with Crippen LogP contribution in [-0.2, 0) is 17.8 Å². The molecule has 132 valence electrons. The van der Waals surface area contributed by atoms with Crippen molar-refractivity contribution in [1.82, 2.24) is 15.3 Å². The number of H-pyrrole nitrogens is 1. The number of para-hydroxylation sites is 2. The maximum absolute atomic E-state index is 12.6. The second-order valence-electron chi connectivity index (χ2n) is 6.39. The van der Waals surface area contributed by atoms with Gasteiger partial charge in [0.2, 0.25) is 5.91 Å². The van der Waals surface area contributed by atoms with E-state index in [9.17, 15) is 9.59 Å². The molecule has 0 radical (unpaired) electrons. The molecule has 2 N–H and O–H groups in total. The average Bonchev–Trinajstić information content (AvgIpc) is 2.89. The van der Waals surface area contributed by atoms with Crippen LogP contribution in [0.25, 0.3) is 10.9 Å². The van der Waals surface area contributed by atoms with Gasteiger partial charge in [0, 0.05) is 5.92 Å². The molecule has 26 heavy (non-hydrogen) atoms. The third-order valence-corrected chi connectivity index (χ3v) is 4.63. The van der Waals surface area contributed by atoms with Crippen molar-refractivity contribution in [1.29, 1.82) is 0 Å². The second-order valence-corrected chi connectivity index (χ2v) is 6.39. The predicted octanol–water partition coefficient (Wildman–Crippen LogP) is 2.18. The van der Waals surface area contributed by atoms with E-state index in [0.717, 1.165) is 11.3 Å². The summed E-state index contributed by atoms with van der Waals surface area (Å²) in [6.45, 7) is 0.706. The Labute approximate surface area is 150 Å². The molecular weight excluding hydrogens is 330 g/mol. The summed E-state index contributed by atoms with van der Waals surface area (Å²) in [6, 6.07) is 14.9. The summed E-state index contributed by atoms with van der Waals surface area (Å²) in [5, 5.41) is 3.43.